The van der Waals surface area contributed by atoms with Gasteiger partial charge in [-0.1, -0.05) is 0 Å². The Morgan fingerprint density at radius 1 is 1.28 bits per heavy atom. The number of nitrogens with zero attached hydrogens (tertiary/aromatic N) is 2. The summed E-state index contributed by atoms with van der Waals surface area (Å²) in [5.41, 5.74) is 2.88. The normalized spacial score (nSPS) is 16.2. The quantitative estimate of drug-likeness (QED) is 0.590. The first-order valence-electron chi connectivity index (χ1n) is 10.5. The maximum absolute atomic E-state index is 13.1. The Kier molecular flexibility index (Phi) is 6.14. The SMILES string of the molecule is CCOc1ccc(NC(=O)C(C)N2C(=O)C(C)Oc3ccc(-c4csc(C)n4)cc32)cc1. The smallest absolute Gasteiger partial charge is 0.268 e. The van der Waals surface area contributed by atoms with Gasteiger partial charge in [0, 0.05) is 16.6 Å². The van der Waals surface area contributed by atoms with E-state index < -0.39 is 12.1 Å². The number of rotatable bonds is 6. The molecule has 1 aliphatic rings. The molecule has 0 spiro atoms. The van der Waals surface area contributed by atoms with Crippen molar-refractivity contribution < 1.29 is 19.1 Å². The number of benzene rings is 2. The van der Waals surface area contributed by atoms with E-state index in [1.165, 1.54) is 4.90 Å². The van der Waals surface area contributed by atoms with Gasteiger partial charge in [0.05, 0.1) is 23.0 Å². The third-order valence-electron chi connectivity index (χ3n) is 5.22. The molecule has 0 saturated heterocycles. The maximum atomic E-state index is 13.1. The summed E-state index contributed by atoms with van der Waals surface area (Å²) in [6.07, 6.45) is -0.685. The van der Waals surface area contributed by atoms with Gasteiger partial charge in [-0.15, -0.1) is 11.3 Å². The number of fused-ring (bicyclic) bond motifs is 1. The second-order valence-corrected chi connectivity index (χ2v) is 8.59. The first-order valence-corrected chi connectivity index (χ1v) is 11.4. The number of hydrogen-bond acceptors (Lipinski definition) is 6. The van der Waals surface area contributed by atoms with Gasteiger partial charge in [0.1, 0.15) is 17.5 Å². The first kappa shape index (κ1) is 21.8. The Balaban J connectivity index is 1.61. The third-order valence-corrected chi connectivity index (χ3v) is 6.00. The molecule has 4 rings (SSSR count). The lowest BCUT2D eigenvalue weighted by Gasteiger charge is -2.36. The molecule has 0 saturated carbocycles. The number of aryl methyl sites for hydroxylation is 1. The zero-order valence-electron chi connectivity index (χ0n) is 18.4. The highest BCUT2D eigenvalue weighted by atomic mass is 32.1. The number of amides is 2. The molecule has 0 aliphatic carbocycles. The Morgan fingerprint density at radius 3 is 2.69 bits per heavy atom. The first-order chi connectivity index (χ1) is 15.4. The van der Waals surface area contributed by atoms with Crippen LogP contribution in [-0.2, 0) is 9.59 Å². The van der Waals surface area contributed by atoms with Crippen LogP contribution in [0, 0.1) is 6.92 Å². The summed E-state index contributed by atoms with van der Waals surface area (Å²) in [6, 6.07) is 12.0. The summed E-state index contributed by atoms with van der Waals surface area (Å²) in [4.78, 5) is 32.1. The van der Waals surface area contributed by atoms with E-state index in [9.17, 15) is 9.59 Å². The van der Waals surface area contributed by atoms with Gasteiger partial charge in [-0.2, -0.15) is 0 Å². The fourth-order valence-electron chi connectivity index (χ4n) is 3.58. The average Bonchev–Trinajstić information content (AvgIpc) is 3.22. The third kappa shape index (κ3) is 4.31. The number of hydrogen-bond donors (Lipinski definition) is 1. The molecule has 1 N–H and O–H groups in total. The highest BCUT2D eigenvalue weighted by Crippen LogP contribution is 2.39. The zero-order valence-corrected chi connectivity index (χ0v) is 19.2. The molecule has 2 aromatic carbocycles. The summed E-state index contributed by atoms with van der Waals surface area (Å²) >= 11 is 1.56. The van der Waals surface area contributed by atoms with Crippen LogP contribution >= 0.6 is 11.3 Å². The highest BCUT2D eigenvalue weighted by Gasteiger charge is 2.37. The van der Waals surface area contributed by atoms with E-state index in [-0.39, 0.29) is 11.8 Å². The van der Waals surface area contributed by atoms with Crippen molar-refractivity contribution in [1.29, 1.82) is 0 Å². The van der Waals surface area contributed by atoms with Crippen LogP contribution in [0.4, 0.5) is 11.4 Å². The summed E-state index contributed by atoms with van der Waals surface area (Å²) in [5.74, 6) is 0.735. The van der Waals surface area contributed by atoms with Gasteiger partial charge < -0.3 is 14.8 Å². The second kappa shape index (κ2) is 9.00. The average molecular weight is 452 g/mol. The number of thiazole rings is 1. The van der Waals surface area contributed by atoms with Gasteiger partial charge in [0.25, 0.3) is 5.91 Å². The standard InChI is InChI=1S/C24H25N3O4S/c1-5-30-19-9-7-18(8-10-19)26-23(28)14(2)27-21-12-17(20-13-32-16(4)25-20)6-11-22(21)31-15(3)24(27)29/h6-15H,5H2,1-4H3,(H,26,28). The molecule has 0 radical (unpaired) electrons. The van der Waals surface area contributed by atoms with Gasteiger partial charge in [-0.05, 0) is 70.2 Å². The molecular formula is C24H25N3O4S. The molecule has 2 amide bonds. The predicted octanol–water partition coefficient (Wildman–Crippen LogP) is 4.66. The topological polar surface area (TPSA) is 80.8 Å². The molecular weight excluding hydrogens is 426 g/mol. The minimum Gasteiger partial charge on any atom is -0.494 e. The molecule has 1 aromatic heterocycles. The van der Waals surface area contributed by atoms with Crippen molar-refractivity contribution in [3.05, 3.63) is 52.9 Å². The number of carbonyl (C=O) groups is 2. The van der Waals surface area contributed by atoms with Gasteiger partial charge >= 0.3 is 0 Å². The molecule has 7 nitrogen and oxygen atoms in total. The molecule has 32 heavy (non-hydrogen) atoms. The van der Waals surface area contributed by atoms with Crippen LogP contribution < -0.4 is 19.7 Å². The zero-order chi connectivity index (χ0) is 22.8. The van der Waals surface area contributed by atoms with Crippen LogP contribution in [-0.4, -0.2) is 35.6 Å². The van der Waals surface area contributed by atoms with Crippen molar-refractivity contribution in [2.75, 3.05) is 16.8 Å². The molecule has 2 unspecified atom stereocenters. The lowest BCUT2D eigenvalue weighted by molar-refractivity contribution is -0.128. The van der Waals surface area contributed by atoms with E-state index >= 15 is 0 Å². The molecule has 166 valence electrons. The van der Waals surface area contributed by atoms with Crippen LogP contribution in [0.5, 0.6) is 11.5 Å². The molecule has 1 aliphatic heterocycles. The molecule has 2 atom stereocenters. The van der Waals surface area contributed by atoms with Gasteiger partial charge in [0.15, 0.2) is 6.10 Å². The van der Waals surface area contributed by atoms with Crippen LogP contribution in [0.2, 0.25) is 0 Å². The van der Waals surface area contributed by atoms with Crippen molar-refractivity contribution in [2.45, 2.75) is 39.8 Å². The van der Waals surface area contributed by atoms with Crippen LogP contribution in [0.3, 0.4) is 0 Å². The number of aromatic nitrogens is 1. The summed E-state index contributed by atoms with van der Waals surface area (Å²) in [5, 5.41) is 5.81. The molecule has 0 bridgehead atoms. The van der Waals surface area contributed by atoms with Crippen LogP contribution in [0.15, 0.2) is 47.8 Å². The van der Waals surface area contributed by atoms with Crippen LogP contribution in [0.25, 0.3) is 11.3 Å². The second-order valence-electron chi connectivity index (χ2n) is 7.53. The van der Waals surface area contributed by atoms with Gasteiger partial charge in [-0.3, -0.25) is 14.5 Å². The minimum atomic E-state index is -0.744. The number of ether oxygens (including phenoxy) is 2. The highest BCUT2D eigenvalue weighted by molar-refractivity contribution is 7.09. The fraction of sp³-hybridized carbons (Fsp3) is 0.292. The molecule has 2 heterocycles. The predicted molar refractivity (Wildman–Crippen MR) is 126 cm³/mol. The molecule has 8 heteroatoms. The lowest BCUT2D eigenvalue weighted by Crippen LogP contribution is -2.52. The van der Waals surface area contributed by atoms with E-state index in [1.54, 1.807) is 49.4 Å². The molecule has 3 aromatic rings. The Hall–Kier alpha value is -3.39. The van der Waals surface area contributed by atoms with Crippen molar-refractivity contribution >= 4 is 34.5 Å². The monoisotopic (exact) mass is 451 g/mol. The molecule has 0 fully saturated rings. The summed E-state index contributed by atoms with van der Waals surface area (Å²) in [7, 11) is 0. The Bertz CT molecular complexity index is 1140. The maximum Gasteiger partial charge on any atom is 0.268 e. The minimum absolute atomic E-state index is 0.265. The summed E-state index contributed by atoms with van der Waals surface area (Å²) in [6.45, 7) is 7.83. The fourth-order valence-corrected chi connectivity index (χ4v) is 4.20. The van der Waals surface area contributed by atoms with E-state index in [0.29, 0.717) is 23.7 Å². The van der Waals surface area contributed by atoms with Crippen LogP contribution in [0.1, 0.15) is 25.8 Å². The van der Waals surface area contributed by atoms with Crippen molar-refractivity contribution in [2.24, 2.45) is 0 Å². The van der Waals surface area contributed by atoms with E-state index in [0.717, 1.165) is 22.0 Å². The Morgan fingerprint density at radius 2 is 2.03 bits per heavy atom. The van der Waals surface area contributed by atoms with Gasteiger partial charge in [0.2, 0.25) is 5.91 Å². The number of carbonyl (C=O) groups excluding carboxylic acids is 2. The lowest BCUT2D eigenvalue weighted by atomic mass is 10.1. The van der Waals surface area contributed by atoms with Crippen molar-refractivity contribution in [1.82, 2.24) is 4.98 Å². The van der Waals surface area contributed by atoms with Crippen molar-refractivity contribution in [3.63, 3.8) is 0 Å². The van der Waals surface area contributed by atoms with Gasteiger partial charge in [-0.25, -0.2) is 4.98 Å². The number of nitrogens with one attached hydrogen (secondary N) is 1. The largest absolute Gasteiger partial charge is 0.494 e. The number of anilines is 2. The van der Waals surface area contributed by atoms with E-state index in [2.05, 4.69) is 10.3 Å². The Labute approximate surface area is 191 Å². The van der Waals surface area contributed by atoms with E-state index in [4.69, 9.17) is 9.47 Å². The van der Waals surface area contributed by atoms with E-state index in [1.807, 2.05) is 37.4 Å². The summed E-state index contributed by atoms with van der Waals surface area (Å²) < 4.78 is 11.2. The van der Waals surface area contributed by atoms with Crippen molar-refractivity contribution in [3.8, 4) is 22.8 Å².